The predicted octanol–water partition coefficient (Wildman–Crippen LogP) is 5.01. The minimum Gasteiger partial charge on any atom is -0.439 e. The zero-order chi connectivity index (χ0) is 14.7. The molecule has 5 heteroatoms. The summed E-state index contributed by atoms with van der Waals surface area (Å²) >= 11 is 12.2. The summed E-state index contributed by atoms with van der Waals surface area (Å²) in [6.45, 7) is 5.86. The fraction of sp³-hybridized carbons (Fsp3) is 0.333. The van der Waals surface area contributed by atoms with Crippen LogP contribution in [0.15, 0.2) is 18.2 Å². The van der Waals surface area contributed by atoms with Crippen molar-refractivity contribution in [2.75, 3.05) is 0 Å². The van der Waals surface area contributed by atoms with Crippen molar-refractivity contribution < 1.29 is 4.74 Å². The molecule has 0 fully saturated rings. The molecule has 2 rings (SSSR count). The quantitative estimate of drug-likeness (QED) is 0.745. The molecular formula is C15H16Cl2N2O. The molecule has 20 heavy (non-hydrogen) atoms. The van der Waals surface area contributed by atoms with Gasteiger partial charge in [0.1, 0.15) is 16.7 Å². The van der Waals surface area contributed by atoms with Crippen LogP contribution in [0.2, 0.25) is 10.2 Å². The van der Waals surface area contributed by atoms with Crippen LogP contribution >= 0.6 is 23.2 Å². The molecule has 106 valence electrons. The highest BCUT2D eigenvalue weighted by Gasteiger charge is 2.11. The lowest BCUT2D eigenvalue weighted by molar-refractivity contribution is 0.454. The predicted molar refractivity (Wildman–Crippen MR) is 82.1 cm³/mol. The van der Waals surface area contributed by atoms with Crippen molar-refractivity contribution in [1.29, 1.82) is 0 Å². The third-order valence-electron chi connectivity index (χ3n) is 3.02. The highest BCUT2D eigenvalue weighted by molar-refractivity contribution is 6.31. The van der Waals surface area contributed by atoms with Crippen LogP contribution in [-0.2, 0) is 12.8 Å². The summed E-state index contributed by atoms with van der Waals surface area (Å²) < 4.78 is 5.84. The summed E-state index contributed by atoms with van der Waals surface area (Å²) in [5.41, 5.74) is 1.77. The number of ether oxygens (including phenoxy) is 1. The third-order valence-corrected chi connectivity index (χ3v) is 3.75. The highest BCUT2D eigenvalue weighted by Crippen LogP contribution is 2.29. The summed E-state index contributed by atoms with van der Waals surface area (Å²) in [6.07, 6.45) is 1.55. The highest BCUT2D eigenvalue weighted by atomic mass is 35.5. The third kappa shape index (κ3) is 3.22. The van der Waals surface area contributed by atoms with Crippen LogP contribution < -0.4 is 4.74 Å². The molecule has 2 aromatic rings. The average molecular weight is 311 g/mol. The van der Waals surface area contributed by atoms with Crippen LogP contribution in [0.4, 0.5) is 0 Å². The van der Waals surface area contributed by atoms with Crippen LogP contribution in [-0.4, -0.2) is 9.97 Å². The first kappa shape index (κ1) is 15.1. The normalized spacial score (nSPS) is 10.7. The molecule has 0 aliphatic rings. The molecule has 1 aromatic heterocycles. The van der Waals surface area contributed by atoms with Gasteiger partial charge in [-0.25, -0.2) is 4.98 Å². The van der Waals surface area contributed by atoms with E-state index in [0.717, 1.165) is 22.6 Å². The van der Waals surface area contributed by atoms with Gasteiger partial charge in [0.15, 0.2) is 0 Å². The Kier molecular flexibility index (Phi) is 4.84. The van der Waals surface area contributed by atoms with E-state index < -0.39 is 0 Å². The van der Waals surface area contributed by atoms with Gasteiger partial charge >= 0.3 is 0 Å². The van der Waals surface area contributed by atoms with Gasteiger partial charge in [-0.2, -0.15) is 4.98 Å². The zero-order valence-corrected chi connectivity index (χ0v) is 13.2. The van der Waals surface area contributed by atoms with Gasteiger partial charge in [0, 0.05) is 17.0 Å². The van der Waals surface area contributed by atoms with Crippen molar-refractivity contribution in [2.45, 2.75) is 33.6 Å². The van der Waals surface area contributed by atoms with Crippen LogP contribution in [0.5, 0.6) is 11.6 Å². The second-order valence-electron chi connectivity index (χ2n) is 4.42. The number of aromatic nitrogens is 2. The minimum absolute atomic E-state index is 0.427. The molecule has 0 radical (unpaired) electrons. The standard InChI is InChI=1S/C15H16Cl2N2O/c1-4-10-8-11(6-7-12(10)16)20-15-9(3)14(17)18-13(5-2)19-15/h6-8H,4-5H2,1-3H3. The van der Waals surface area contributed by atoms with E-state index in [1.54, 1.807) is 0 Å². The Morgan fingerprint density at radius 1 is 1.10 bits per heavy atom. The van der Waals surface area contributed by atoms with Crippen molar-refractivity contribution in [2.24, 2.45) is 0 Å². The molecule has 1 aromatic carbocycles. The maximum atomic E-state index is 6.10. The van der Waals surface area contributed by atoms with E-state index in [0.29, 0.717) is 29.0 Å². The van der Waals surface area contributed by atoms with Crippen LogP contribution in [0.25, 0.3) is 0 Å². The Hall–Kier alpha value is -1.32. The fourth-order valence-corrected chi connectivity index (χ4v) is 2.20. The van der Waals surface area contributed by atoms with Gasteiger partial charge in [-0.1, -0.05) is 37.0 Å². The largest absolute Gasteiger partial charge is 0.439 e. The summed E-state index contributed by atoms with van der Waals surface area (Å²) in [4.78, 5) is 8.57. The van der Waals surface area contributed by atoms with Crippen molar-refractivity contribution in [1.82, 2.24) is 9.97 Å². The van der Waals surface area contributed by atoms with E-state index in [2.05, 4.69) is 9.97 Å². The number of hydrogen-bond acceptors (Lipinski definition) is 3. The molecule has 0 bridgehead atoms. The average Bonchev–Trinajstić information content (AvgIpc) is 2.45. The molecule has 0 saturated heterocycles. The molecule has 0 N–H and O–H groups in total. The van der Waals surface area contributed by atoms with Crippen molar-refractivity contribution in [3.05, 3.63) is 45.3 Å². The lowest BCUT2D eigenvalue weighted by Crippen LogP contribution is -2.00. The van der Waals surface area contributed by atoms with Crippen LogP contribution in [0.1, 0.15) is 30.8 Å². The Morgan fingerprint density at radius 2 is 1.85 bits per heavy atom. The van der Waals surface area contributed by atoms with E-state index >= 15 is 0 Å². The van der Waals surface area contributed by atoms with E-state index in [4.69, 9.17) is 27.9 Å². The van der Waals surface area contributed by atoms with Gasteiger partial charge in [-0.15, -0.1) is 0 Å². The van der Waals surface area contributed by atoms with Crippen LogP contribution in [0.3, 0.4) is 0 Å². The van der Waals surface area contributed by atoms with Gasteiger partial charge in [0.05, 0.1) is 0 Å². The second-order valence-corrected chi connectivity index (χ2v) is 5.19. The Balaban J connectivity index is 2.36. The Bertz CT molecular complexity index is 630. The summed E-state index contributed by atoms with van der Waals surface area (Å²) in [5, 5.41) is 1.17. The maximum absolute atomic E-state index is 6.10. The van der Waals surface area contributed by atoms with E-state index in [1.165, 1.54) is 0 Å². The first-order valence-corrected chi connectivity index (χ1v) is 7.30. The van der Waals surface area contributed by atoms with E-state index in [-0.39, 0.29) is 0 Å². The Morgan fingerprint density at radius 3 is 2.50 bits per heavy atom. The summed E-state index contributed by atoms with van der Waals surface area (Å²) in [6, 6.07) is 5.57. The molecular weight excluding hydrogens is 295 g/mol. The first-order valence-electron chi connectivity index (χ1n) is 6.54. The molecule has 0 amide bonds. The number of halogens is 2. The van der Waals surface area contributed by atoms with Gasteiger partial charge in [0.25, 0.3) is 0 Å². The molecule has 0 unspecified atom stereocenters. The first-order chi connectivity index (χ1) is 9.55. The second kappa shape index (κ2) is 6.42. The van der Waals surface area contributed by atoms with Crippen molar-refractivity contribution in [3.8, 4) is 11.6 Å². The van der Waals surface area contributed by atoms with E-state index in [1.807, 2.05) is 39.0 Å². The van der Waals surface area contributed by atoms with Gasteiger partial charge < -0.3 is 4.74 Å². The maximum Gasteiger partial charge on any atom is 0.226 e. The molecule has 3 nitrogen and oxygen atoms in total. The molecule has 0 spiro atoms. The molecule has 0 aliphatic carbocycles. The molecule has 0 atom stereocenters. The lowest BCUT2D eigenvalue weighted by atomic mass is 10.1. The molecule has 1 heterocycles. The van der Waals surface area contributed by atoms with Gasteiger partial charge in [-0.05, 0) is 37.1 Å². The molecule has 0 aliphatic heterocycles. The number of hydrogen-bond donors (Lipinski definition) is 0. The fourth-order valence-electron chi connectivity index (χ4n) is 1.77. The SMILES string of the molecule is CCc1nc(Cl)c(C)c(Oc2ccc(Cl)c(CC)c2)n1. The number of rotatable bonds is 4. The minimum atomic E-state index is 0.427. The van der Waals surface area contributed by atoms with E-state index in [9.17, 15) is 0 Å². The van der Waals surface area contributed by atoms with Crippen molar-refractivity contribution >= 4 is 23.2 Å². The summed E-state index contributed by atoms with van der Waals surface area (Å²) in [5.74, 6) is 1.86. The van der Waals surface area contributed by atoms with Crippen LogP contribution in [0, 0.1) is 6.92 Å². The topological polar surface area (TPSA) is 35.0 Å². The lowest BCUT2D eigenvalue weighted by Gasteiger charge is -2.11. The Labute approximate surface area is 128 Å². The smallest absolute Gasteiger partial charge is 0.226 e. The number of benzene rings is 1. The molecule has 0 saturated carbocycles. The summed E-state index contributed by atoms with van der Waals surface area (Å²) in [7, 11) is 0. The number of aryl methyl sites for hydroxylation is 2. The van der Waals surface area contributed by atoms with Gasteiger partial charge in [-0.3, -0.25) is 0 Å². The monoisotopic (exact) mass is 310 g/mol. The van der Waals surface area contributed by atoms with Gasteiger partial charge in [0.2, 0.25) is 5.88 Å². The van der Waals surface area contributed by atoms with Crippen molar-refractivity contribution in [3.63, 3.8) is 0 Å². The zero-order valence-electron chi connectivity index (χ0n) is 11.7. The number of nitrogens with zero attached hydrogens (tertiary/aromatic N) is 2.